The quantitative estimate of drug-likeness (QED) is 0.941. The van der Waals surface area contributed by atoms with Crippen molar-refractivity contribution in [2.75, 3.05) is 13.1 Å². The fraction of sp³-hybridized carbons (Fsp3) is 0.389. The molecule has 1 saturated heterocycles. The van der Waals surface area contributed by atoms with Crippen LogP contribution in [0, 0.1) is 5.41 Å². The number of benzene rings is 1. The van der Waals surface area contributed by atoms with Gasteiger partial charge in [-0.05, 0) is 37.5 Å². The number of aromatic nitrogens is 1. The molecule has 120 valence electrons. The highest BCUT2D eigenvalue weighted by molar-refractivity contribution is 5.84. The molecule has 1 N–H and O–H groups in total. The second kappa shape index (κ2) is 5.99. The van der Waals surface area contributed by atoms with Crippen LogP contribution in [0.2, 0.25) is 0 Å². The van der Waals surface area contributed by atoms with Crippen molar-refractivity contribution < 1.29 is 14.7 Å². The third-order valence-electron chi connectivity index (χ3n) is 4.69. The highest BCUT2D eigenvalue weighted by Crippen LogP contribution is 2.30. The van der Waals surface area contributed by atoms with Crippen LogP contribution in [0.25, 0.3) is 10.9 Å². The predicted octanol–water partition coefficient (Wildman–Crippen LogP) is 2.49. The number of amides is 1. The minimum atomic E-state index is -0.826. The van der Waals surface area contributed by atoms with Gasteiger partial charge in [-0.15, -0.1) is 0 Å². The second-order valence-electron chi connectivity index (χ2n) is 6.42. The van der Waals surface area contributed by atoms with Crippen LogP contribution in [0.5, 0.6) is 0 Å². The van der Waals surface area contributed by atoms with Gasteiger partial charge in [0.05, 0.1) is 10.9 Å². The van der Waals surface area contributed by atoms with E-state index in [4.69, 9.17) is 0 Å². The molecule has 0 saturated carbocycles. The Hall–Kier alpha value is -2.43. The number of aliphatic carboxylic acids is 1. The first kappa shape index (κ1) is 15.5. The van der Waals surface area contributed by atoms with E-state index in [0.29, 0.717) is 32.4 Å². The zero-order chi connectivity index (χ0) is 16.4. The summed E-state index contributed by atoms with van der Waals surface area (Å²) in [5.74, 6) is -0.802. The molecule has 3 rings (SSSR count). The van der Waals surface area contributed by atoms with Crippen molar-refractivity contribution in [3.8, 4) is 0 Å². The van der Waals surface area contributed by atoms with Crippen LogP contribution in [0.1, 0.15) is 25.3 Å². The third kappa shape index (κ3) is 3.04. The zero-order valence-corrected chi connectivity index (χ0v) is 13.2. The molecule has 1 aromatic carbocycles. The number of carboxylic acid groups (broad SMARTS) is 1. The average molecular weight is 312 g/mol. The summed E-state index contributed by atoms with van der Waals surface area (Å²) in [6.07, 6.45) is 3.32. The molecule has 5 heteroatoms. The van der Waals surface area contributed by atoms with Gasteiger partial charge < -0.3 is 10.0 Å². The summed E-state index contributed by atoms with van der Waals surface area (Å²) < 4.78 is 0. The topological polar surface area (TPSA) is 70.5 Å². The smallest absolute Gasteiger partial charge is 0.311 e. The number of para-hydroxylation sites is 1. The summed E-state index contributed by atoms with van der Waals surface area (Å²) in [6, 6.07) is 9.83. The lowest BCUT2D eigenvalue weighted by Crippen LogP contribution is -2.34. The number of pyridine rings is 1. The lowest BCUT2D eigenvalue weighted by atomic mass is 9.90. The van der Waals surface area contributed by atoms with E-state index in [1.165, 1.54) is 0 Å². The number of hydrogen-bond donors (Lipinski definition) is 1. The van der Waals surface area contributed by atoms with E-state index in [9.17, 15) is 14.7 Å². The van der Waals surface area contributed by atoms with Crippen LogP contribution < -0.4 is 0 Å². The average Bonchev–Trinajstić information content (AvgIpc) is 2.96. The normalized spacial score (nSPS) is 20.8. The number of carboxylic acids is 1. The Kier molecular flexibility index (Phi) is 4.03. The molecule has 1 aromatic heterocycles. The van der Waals surface area contributed by atoms with Crippen molar-refractivity contribution in [1.29, 1.82) is 0 Å². The fourth-order valence-electron chi connectivity index (χ4n) is 3.12. The molecule has 1 aliphatic heterocycles. The number of aryl methyl sites for hydroxylation is 1. The largest absolute Gasteiger partial charge is 0.481 e. The number of nitrogens with zero attached hydrogens (tertiary/aromatic N) is 2. The molecule has 0 spiro atoms. The Labute approximate surface area is 134 Å². The number of hydrogen-bond acceptors (Lipinski definition) is 3. The number of carbonyl (C=O) groups is 2. The monoisotopic (exact) mass is 312 g/mol. The fourth-order valence-corrected chi connectivity index (χ4v) is 3.12. The van der Waals surface area contributed by atoms with Gasteiger partial charge in [0.1, 0.15) is 0 Å². The van der Waals surface area contributed by atoms with E-state index >= 15 is 0 Å². The van der Waals surface area contributed by atoms with Crippen LogP contribution in [0.15, 0.2) is 36.5 Å². The van der Waals surface area contributed by atoms with Gasteiger partial charge in [-0.2, -0.15) is 0 Å². The van der Waals surface area contributed by atoms with Crippen molar-refractivity contribution in [2.24, 2.45) is 5.41 Å². The highest BCUT2D eigenvalue weighted by Gasteiger charge is 2.41. The first-order valence-electron chi connectivity index (χ1n) is 7.83. The van der Waals surface area contributed by atoms with Crippen LogP contribution in [0.4, 0.5) is 0 Å². The molecule has 23 heavy (non-hydrogen) atoms. The van der Waals surface area contributed by atoms with Crippen LogP contribution in [0.3, 0.4) is 0 Å². The zero-order valence-electron chi connectivity index (χ0n) is 13.2. The molecule has 5 nitrogen and oxygen atoms in total. The number of carbonyl (C=O) groups excluding carboxylic acids is 1. The standard InChI is InChI=1S/C18H20N2O3/c1-18(17(22)23)9-11-20(12-18)16(21)7-6-13-8-10-19-15-5-3-2-4-14(13)15/h2-5,8,10H,6-7,9,11-12H2,1H3,(H,22,23). The molecule has 1 amide bonds. The molecule has 0 radical (unpaired) electrons. The third-order valence-corrected chi connectivity index (χ3v) is 4.69. The Morgan fingerprint density at radius 2 is 2.09 bits per heavy atom. The van der Waals surface area contributed by atoms with Gasteiger partial charge >= 0.3 is 5.97 Å². The lowest BCUT2D eigenvalue weighted by Gasteiger charge is -2.20. The SMILES string of the molecule is CC1(C(=O)O)CCN(C(=O)CCc2ccnc3ccccc23)C1. The van der Waals surface area contributed by atoms with Crippen LogP contribution in [-0.4, -0.2) is 40.0 Å². The number of rotatable bonds is 4. The number of likely N-dealkylation sites (tertiary alicyclic amines) is 1. The van der Waals surface area contributed by atoms with E-state index in [1.807, 2.05) is 30.3 Å². The first-order valence-corrected chi connectivity index (χ1v) is 7.83. The van der Waals surface area contributed by atoms with Gasteiger partial charge in [0.15, 0.2) is 0 Å². The lowest BCUT2D eigenvalue weighted by molar-refractivity contribution is -0.147. The Morgan fingerprint density at radius 3 is 2.83 bits per heavy atom. The van der Waals surface area contributed by atoms with Crippen molar-refractivity contribution in [2.45, 2.75) is 26.2 Å². The van der Waals surface area contributed by atoms with Crippen LogP contribution >= 0.6 is 0 Å². The van der Waals surface area contributed by atoms with Crippen molar-refractivity contribution in [3.63, 3.8) is 0 Å². The maximum absolute atomic E-state index is 12.4. The molecular formula is C18H20N2O3. The molecule has 1 unspecified atom stereocenters. The van der Waals surface area contributed by atoms with E-state index in [1.54, 1.807) is 18.0 Å². The maximum atomic E-state index is 12.4. The Bertz CT molecular complexity index is 754. The summed E-state index contributed by atoms with van der Waals surface area (Å²) >= 11 is 0. The van der Waals surface area contributed by atoms with Crippen LogP contribution in [-0.2, 0) is 16.0 Å². The Morgan fingerprint density at radius 1 is 1.30 bits per heavy atom. The summed E-state index contributed by atoms with van der Waals surface area (Å²) in [7, 11) is 0. The molecule has 2 heterocycles. The van der Waals surface area contributed by atoms with Crippen molar-refractivity contribution in [1.82, 2.24) is 9.88 Å². The minimum Gasteiger partial charge on any atom is -0.481 e. The van der Waals surface area contributed by atoms with Gasteiger partial charge in [0, 0.05) is 31.1 Å². The van der Waals surface area contributed by atoms with Crippen molar-refractivity contribution in [3.05, 3.63) is 42.1 Å². The summed E-state index contributed by atoms with van der Waals surface area (Å²) in [6.45, 7) is 2.54. The summed E-state index contributed by atoms with van der Waals surface area (Å²) in [5.41, 5.74) is 1.22. The minimum absolute atomic E-state index is 0.0240. The molecule has 0 aliphatic carbocycles. The van der Waals surface area contributed by atoms with Gasteiger partial charge in [0.2, 0.25) is 5.91 Å². The van der Waals surface area contributed by atoms with Gasteiger partial charge in [0.25, 0.3) is 0 Å². The summed E-state index contributed by atoms with van der Waals surface area (Å²) in [5, 5.41) is 10.3. The van der Waals surface area contributed by atoms with E-state index < -0.39 is 11.4 Å². The van der Waals surface area contributed by atoms with Gasteiger partial charge in [-0.3, -0.25) is 14.6 Å². The highest BCUT2D eigenvalue weighted by atomic mass is 16.4. The van der Waals surface area contributed by atoms with E-state index in [-0.39, 0.29) is 5.91 Å². The molecule has 2 aromatic rings. The van der Waals surface area contributed by atoms with Gasteiger partial charge in [-0.25, -0.2) is 0 Å². The maximum Gasteiger partial charge on any atom is 0.311 e. The van der Waals surface area contributed by atoms with Gasteiger partial charge in [-0.1, -0.05) is 18.2 Å². The predicted molar refractivity (Wildman–Crippen MR) is 87.0 cm³/mol. The van der Waals surface area contributed by atoms with Crippen molar-refractivity contribution >= 4 is 22.8 Å². The van der Waals surface area contributed by atoms with E-state index in [0.717, 1.165) is 16.5 Å². The molecule has 1 aliphatic rings. The second-order valence-corrected chi connectivity index (χ2v) is 6.42. The molecule has 1 atom stereocenters. The Balaban J connectivity index is 1.67. The first-order chi connectivity index (χ1) is 11.0. The van der Waals surface area contributed by atoms with E-state index in [2.05, 4.69) is 4.98 Å². The molecule has 0 bridgehead atoms. The summed E-state index contributed by atoms with van der Waals surface area (Å²) in [4.78, 5) is 29.7. The molecular weight excluding hydrogens is 292 g/mol. The number of fused-ring (bicyclic) bond motifs is 1. The molecule has 1 fully saturated rings.